The normalized spacial score (nSPS) is 19.0. The minimum atomic E-state index is -5.09. The molecule has 0 amide bonds. The van der Waals surface area contributed by atoms with Crippen molar-refractivity contribution in [2.75, 3.05) is 19.7 Å². The average Bonchev–Trinajstić information content (AvgIpc) is 3.08. The highest BCUT2D eigenvalue weighted by Crippen LogP contribution is 2.30. The molecule has 12 heteroatoms. The van der Waals surface area contributed by atoms with E-state index in [1.165, 1.54) is 6.92 Å². The van der Waals surface area contributed by atoms with Crippen LogP contribution in [-0.2, 0) is 30.5 Å². The Morgan fingerprint density at radius 1 is 1.37 bits per heavy atom. The number of hydroxylamine groups is 2. The first kappa shape index (κ1) is 23.9. The standard InChI is InChI=1S/C18H22F3N3O5S/c1-3-28-16(26)6-8-23-7-4-14(22-23)10-13-11-24(29-17(27)18(19,20)21)9-5-15(13)30-12(2)25/h4,7,10,15H,3,5-6,8-9,11H2,1-2H3/b13-10+/t15-/m1/s1. The lowest BCUT2D eigenvalue weighted by Crippen LogP contribution is -2.41. The van der Waals surface area contributed by atoms with Crippen LogP contribution in [0, 0.1) is 0 Å². The fourth-order valence-electron chi connectivity index (χ4n) is 2.76. The van der Waals surface area contributed by atoms with Crippen LogP contribution in [0.5, 0.6) is 0 Å². The molecule has 1 aliphatic rings. The third-order valence-electron chi connectivity index (χ3n) is 4.01. The Balaban J connectivity index is 2.10. The van der Waals surface area contributed by atoms with E-state index in [0.29, 0.717) is 30.8 Å². The van der Waals surface area contributed by atoms with Gasteiger partial charge >= 0.3 is 18.1 Å². The third-order valence-corrected chi connectivity index (χ3v) is 5.16. The van der Waals surface area contributed by atoms with Gasteiger partial charge in [0.2, 0.25) is 0 Å². The Bertz CT molecular complexity index is 809. The summed E-state index contributed by atoms with van der Waals surface area (Å²) in [5.41, 5.74) is 1.11. The van der Waals surface area contributed by atoms with Crippen LogP contribution in [0.1, 0.15) is 32.4 Å². The number of aromatic nitrogens is 2. The van der Waals surface area contributed by atoms with Crippen molar-refractivity contribution >= 4 is 34.9 Å². The summed E-state index contributed by atoms with van der Waals surface area (Å²) in [6.45, 7) is 3.71. The maximum Gasteiger partial charge on any atom is 0.492 e. The molecule has 0 aromatic carbocycles. The molecule has 1 atom stereocenters. The summed E-state index contributed by atoms with van der Waals surface area (Å²) in [4.78, 5) is 38.5. The van der Waals surface area contributed by atoms with Gasteiger partial charge in [-0.15, -0.1) is 5.06 Å². The van der Waals surface area contributed by atoms with Gasteiger partial charge in [0.05, 0.1) is 31.8 Å². The number of halogens is 3. The summed E-state index contributed by atoms with van der Waals surface area (Å²) < 4.78 is 43.8. The van der Waals surface area contributed by atoms with Crippen molar-refractivity contribution < 1.29 is 37.1 Å². The van der Waals surface area contributed by atoms with Gasteiger partial charge in [-0.05, 0) is 31.1 Å². The highest BCUT2D eigenvalue weighted by atomic mass is 32.2. The Morgan fingerprint density at radius 3 is 2.73 bits per heavy atom. The molecule has 0 aliphatic carbocycles. The minimum absolute atomic E-state index is 0.0675. The molecule has 0 saturated carbocycles. The smallest absolute Gasteiger partial charge is 0.466 e. The first-order valence-corrected chi connectivity index (χ1v) is 10.1. The lowest BCUT2D eigenvalue weighted by molar-refractivity contribution is -0.238. The minimum Gasteiger partial charge on any atom is -0.466 e. The number of hydrogen-bond donors (Lipinski definition) is 0. The Labute approximate surface area is 175 Å². The van der Waals surface area contributed by atoms with Gasteiger partial charge in [-0.1, -0.05) is 11.8 Å². The lowest BCUT2D eigenvalue weighted by atomic mass is 10.0. The number of aryl methyl sites for hydroxylation is 1. The molecule has 2 rings (SSSR count). The predicted octanol–water partition coefficient (Wildman–Crippen LogP) is 2.59. The van der Waals surface area contributed by atoms with Crippen LogP contribution in [0.2, 0.25) is 0 Å². The fourth-order valence-corrected chi connectivity index (χ4v) is 3.68. The Hall–Kier alpha value is -2.34. The van der Waals surface area contributed by atoms with E-state index in [1.807, 2.05) is 0 Å². The van der Waals surface area contributed by atoms with E-state index in [0.717, 1.165) is 16.8 Å². The molecule has 0 radical (unpaired) electrons. The zero-order chi connectivity index (χ0) is 22.3. The van der Waals surface area contributed by atoms with Crippen molar-refractivity contribution in [1.82, 2.24) is 14.8 Å². The first-order valence-electron chi connectivity index (χ1n) is 9.19. The van der Waals surface area contributed by atoms with Crippen molar-refractivity contribution in [2.24, 2.45) is 0 Å². The van der Waals surface area contributed by atoms with Crippen molar-refractivity contribution in [3.8, 4) is 0 Å². The van der Waals surface area contributed by atoms with E-state index in [1.54, 1.807) is 29.9 Å². The third kappa shape index (κ3) is 7.48. The largest absolute Gasteiger partial charge is 0.492 e. The van der Waals surface area contributed by atoms with Crippen molar-refractivity contribution in [1.29, 1.82) is 0 Å². The summed E-state index contributed by atoms with van der Waals surface area (Å²) in [5.74, 6) is -2.64. The van der Waals surface area contributed by atoms with Crippen LogP contribution >= 0.6 is 11.8 Å². The van der Waals surface area contributed by atoms with Gasteiger partial charge in [0, 0.05) is 24.9 Å². The number of ether oxygens (including phenoxy) is 1. The number of esters is 1. The predicted molar refractivity (Wildman–Crippen MR) is 102 cm³/mol. The molecule has 0 unspecified atom stereocenters. The van der Waals surface area contributed by atoms with Crippen molar-refractivity contribution in [2.45, 2.75) is 44.7 Å². The zero-order valence-corrected chi connectivity index (χ0v) is 17.3. The number of carbonyl (C=O) groups excluding carboxylic acids is 3. The molecule has 1 saturated heterocycles. The number of hydrogen-bond acceptors (Lipinski definition) is 8. The number of nitrogens with zero attached hydrogens (tertiary/aromatic N) is 3. The van der Waals surface area contributed by atoms with Gasteiger partial charge in [0.1, 0.15) is 0 Å². The topological polar surface area (TPSA) is 90.7 Å². The molecular formula is C18H22F3N3O5S. The van der Waals surface area contributed by atoms with Crippen LogP contribution in [0.4, 0.5) is 13.2 Å². The van der Waals surface area contributed by atoms with E-state index in [2.05, 4.69) is 9.94 Å². The molecule has 2 heterocycles. The van der Waals surface area contributed by atoms with E-state index < -0.39 is 12.1 Å². The number of piperidine rings is 1. The summed E-state index contributed by atoms with van der Waals surface area (Å²) in [5, 5.41) is 4.83. The highest BCUT2D eigenvalue weighted by Gasteiger charge is 2.43. The summed E-state index contributed by atoms with van der Waals surface area (Å²) >= 11 is 1.06. The first-order chi connectivity index (χ1) is 14.1. The number of carbonyl (C=O) groups is 3. The van der Waals surface area contributed by atoms with Gasteiger partial charge < -0.3 is 9.57 Å². The van der Waals surface area contributed by atoms with Crippen molar-refractivity contribution in [3.05, 3.63) is 23.5 Å². The molecule has 30 heavy (non-hydrogen) atoms. The molecule has 1 aliphatic heterocycles. The van der Waals surface area contributed by atoms with E-state index in [-0.39, 0.29) is 35.8 Å². The SMILES string of the molecule is CCOC(=O)CCn1ccc(/C=C2\CN(OC(=O)C(F)(F)F)CC[C@H]2SC(C)=O)n1. The molecule has 0 N–H and O–H groups in total. The van der Waals surface area contributed by atoms with Crippen LogP contribution < -0.4 is 0 Å². The monoisotopic (exact) mass is 449 g/mol. The molecule has 1 fully saturated rings. The van der Waals surface area contributed by atoms with Gasteiger partial charge in [-0.2, -0.15) is 18.3 Å². The van der Waals surface area contributed by atoms with E-state index >= 15 is 0 Å². The Morgan fingerprint density at radius 2 is 2.10 bits per heavy atom. The summed E-state index contributed by atoms with van der Waals surface area (Å²) in [6, 6.07) is 1.67. The lowest BCUT2D eigenvalue weighted by Gasteiger charge is -2.32. The van der Waals surface area contributed by atoms with Crippen LogP contribution in [0.15, 0.2) is 17.8 Å². The number of alkyl halides is 3. The van der Waals surface area contributed by atoms with Crippen LogP contribution in [-0.4, -0.2) is 63.0 Å². The molecule has 8 nitrogen and oxygen atoms in total. The summed E-state index contributed by atoms with van der Waals surface area (Å²) in [6.07, 6.45) is -1.31. The molecule has 1 aromatic heterocycles. The summed E-state index contributed by atoms with van der Waals surface area (Å²) in [7, 11) is 0. The second kappa shape index (κ2) is 10.6. The number of thioether (sulfide) groups is 1. The second-order valence-corrected chi connectivity index (χ2v) is 7.78. The maximum atomic E-state index is 12.5. The quantitative estimate of drug-likeness (QED) is 0.587. The zero-order valence-electron chi connectivity index (χ0n) is 16.5. The van der Waals surface area contributed by atoms with Gasteiger partial charge in [-0.3, -0.25) is 14.3 Å². The van der Waals surface area contributed by atoms with E-state index in [9.17, 15) is 27.6 Å². The average molecular weight is 449 g/mol. The molecule has 0 bridgehead atoms. The van der Waals surface area contributed by atoms with E-state index in [4.69, 9.17) is 4.74 Å². The van der Waals surface area contributed by atoms with Crippen molar-refractivity contribution in [3.63, 3.8) is 0 Å². The number of rotatable bonds is 7. The molecule has 0 spiro atoms. The molecular weight excluding hydrogens is 427 g/mol. The maximum absolute atomic E-state index is 12.5. The van der Waals surface area contributed by atoms with Gasteiger partial charge in [-0.25, -0.2) is 4.79 Å². The fraction of sp³-hybridized carbons (Fsp3) is 0.556. The molecule has 1 aromatic rings. The van der Waals surface area contributed by atoms with Crippen LogP contribution in [0.25, 0.3) is 6.08 Å². The Kier molecular flexibility index (Phi) is 8.47. The van der Waals surface area contributed by atoms with Gasteiger partial charge in [0.25, 0.3) is 0 Å². The second-order valence-electron chi connectivity index (χ2n) is 6.40. The highest BCUT2D eigenvalue weighted by molar-refractivity contribution is 8.14. The molecule has 166 valence electrons. The van der Waals surface area contributed by atoms with Gasteiger partial charge in [0.15, 0.2) is 5.12 Å². The van der Waals surface area contributed by atoms with Crippen LogP contribution in [0.3, 0.4) is 0 Å².